The zero-order valence-electron chi connectivity index (χ0n) is 13.0. The molecule has 0 aliphatic carbocycles. The van der Waals surface area contributed by atoms with Crippen molar-refractivity contribution >= 4 is 17.5 Å². The number of nitrogens with zero attached hydrogens (tertiary/aromatic N) is 2. The Morgan fingerprint density at radius 2 is 1.95 bits per heavy atom. The first-order chi connectivity index (χ1) is 10.6. The smallest absolute Gasteiger partial charge is 0.224 e. The van der Waals surface area contributed by atoms with Gasteiger partial charge >= 0.3 is 0 Å². The first kappa shape index (κ1) is 17.1. The number of benzene rings is 1. The molecule has 1 aromatic carbocycles. The predicted octanol–water partition coefficient (Wildman–Crippen LogP) is 1.90. The highest BCUT2D eigenvalue weighted by molar-refractivity contribution is 6.30. The number of halogens is 1. The van der Waals surface area contributed by atoms with Crippen LogP contribution in [0.3, 0.4) is 0 Å². The van der Waals surface area contributed by atoms with Crippen LogP contribution < -0.4 is 4.74 Å². The second-order valence-corrected chi connectivity index (χ2v) is 5.79. The monoisotopic (exact) mass is 326 g/mol. The molecule has 1 amide bonds. The van der Waals surface area contributed by atoms with Crippen molar-refractivity contribution in [2.45, 2.75) is 6.42 Å². The van der Waals surface area contributed by atoms with Crippen molar-refractivity contribution in [3.05, 3.63) is 29.3 Å². The summed E-state index contributed by atoms with van der Waals surface area (Å²) in [6.07, 6.45) is 0.539. The van der Waals surface area contributed by atoms with Gasteiger partial charge in [0.15, 0.2) is 0 Å². The van der Waals surface area contributed by atoms with Crippen molar-refractivity contribution in [1.82, 2.24) is 9.80 Å². The first-order valence-corrected chi connectivity index (χ1v) is 7.95. The lowest BCUT2D eigenvalue weighted by Gasteiger charge is -2.27. The highest BCUT2D eigenvalue weighted by Crippen LogP contribution is 2.15. The second-order valence-electron chi connectivity index (χ2n) is 5.35. The highest BCUT2D eigenvalue weighted by atomic mass is 35.5. The molecule has 0 N–H and O–H groups in total. The molecule has 5 nitrogen and oxygen atoms in total. The molecule has 1 aliphatic heterocycles. The summed E-state index contributed by atoms with van der Waals surface area (Å²) in [4.78, 5) is 16.0. The van der Waals surface area contributed by atoms with Gasteiger partial charge in [0.05, 0.1) is 13.2 Å². The van der Waals surface area contributed by atoms with Gasteiger partial charge in [-0.25, -0.2) is 0 Å². The minimum Gasteiger partial charge on any atom is -0.492 e. The molecular weight excluding hydrogens is 304 g/mol. The standard InChI is InChI=1S/C16H23ClN2O3/c1-18(7-6-16(20)19-9-11-21-12-10-19)8-13-22-15-4-2-14(17)3-5-15/h2-5H,6-13H2,1H3. The number of hydrogen-bond acceptors (Lipinski definition) is 4. The minimum atomic E-state index is 0.203. The van der Waals surface area contributed by atoms with Crippen LogP contribution in [0.5, 0.6) is 5.75 Å². The Labute approximate surface area is 136 Å². The third-order valence-electron chi connectivity index (χ3n) is 3.63. The summed E-state index contributed by atoms with van der Waals surface area (Å²) in [6.45, 7) is 4.82. The van der Waals surface area contributed by atoms with Gasteiger partial charge in [-0.1, -0.05) is 11.6 Å². The molecule has 1 heterocycles. The fraction of sp³-hybridized carbons (Fsp3) is 0.562. The van der Waals surface area contributed by atoms with Gasteiger partial charge in [0.1, 0.15) is 12.4 Å². The van der Waals surface area contributed by atoms with Gasteiger partial charge < -0.3 is 19.3 Å². The maximum atomic E-state index is 12.0. The SMILES string of the molecule is CN(CCOc1ccc(Cl)cc1)CCC(=O)N1CCOCC1. The average molecular weight is 327 g/mol. The van der Waals surface area contributed by atoms with E-state index in [1.165, 1.54) is 0 Å². The van der Waals surface area contributed by atoms with Crippen LogP contribution in [0.4, 0.5) is 0 Å². The van der Waals surface area contributed by atoms with E-state index in [1.54, 1.807) is 0 Å². The quantitative estimate of drug-likeness (QED) is 0.767. The Hall–Kier alpha value is -1.30. The maximum Gasteiger partial charge on any atom is 0.224 e. The predicted molar refractivity (Wildman–Crippen MR) is 86.5 cm³/mol. The molecule has 1 aromatic rings. The molecule has 6 heteroatoms. The van der Waals surface area contributed by atoms with Gasteiger partial charge in [-0.05, 0) is 31.3 Å². The van der Waals surface area contributed by atoms with Crippen LogP contribution in [0.15, 0.2) is 24.3 Å². The summed E-state index contributed by atoms with van der Waals surface area (Å²) in [5.41, 5.74) is 0. The maximum absolute atomic E-state index is 12.0. The van der Waals surface area contributed by atoms with Crippen molar-refractivity contribution in [2.75, 3.05) is 53.0 Å². The van der Waals surface area contributed by atoms with Crippen LogP contribution in [-0.4, -0.2) is 68.8 Å². The molecular formula is C16H23ClN2O3. The fourth-order valence-electron chi connectivity index (χ4n) is 2.22. The number of carbonyl (C=O) groups excluding carboxylic acids is 1. The topological polar surface area (TPSA) is 42.0 Å². The summed E-state index contributed by atoms with van der Waals surface area (Å²) in [5, 5.41) is 0.700. The molecule has 22 heavy (non-hydrogen) atoms. The number of likely N-dealkylation sites (N-methyl/N-ethyl adjacent to an activating group) is 1. The van der Waals surface area contributed by atoms with Gasteiger partial charge in [-0.3, -0.25) is 4.79 Å². The van der Waals surface area contributed by atoms with E-state index in [4.69, 9.17) is 21.1 Å². The van der Waals surface area contributed by atoms with Crippen LogP contribution >= 0.6 is 11.6 Å². The molecule has 1 fully saturated rings. The molecule has 0 spiro atoms. The lowest BCUT2D eigenvalue weighted by atomic mass is 10.3. The first-order valence-electron chi connectivity index (χ1n) is 7.57. The summed E-state index contributed by atoms with van der Waals surface area (Å²) in [6, 6.07) is 7.32. The summed E-state index contributed by atoms with van der Waals surface area (Å²) in [5.74, 6) is 1.01. The average Bonchev–Trinajstić information content (AvgIpc) is 2.55. The van der Waals surface area contributed by atoms with E-state index in [9.17, 15) is 4.79 Å². The molecule has 0 atom stereocenters. The van der Waals surface area contributed by atoms with Gasteiger partial charge in [0.25, 0.3) is 0 Å². The Balaban J connectivity index is 1.60. The van der Waals surface area contributed by atoms with Crippen LogP contribution in [0, 0.1) is 0 Å². The minimum absolute atomic E-state index is 0.203. The van der Waals surface area contributed by atoms with Crippen molar-refractivity contribution in [3.8, 4) is 5.75 Å². The molecule has 0 saturated carbocycles. The number of rotatable bonds is 7. The third kappa shape index (κ3) is 5.83. The van der Waals surface area contributed by atoms with E-state index < -0.39 is 0 Å². The van der Waals surface area contributed by atoms with Gasteiger partial charge in [0, 0.05) is 37.6 Å². The lowest BCUT2D eigenvalue weighted by Crippen LogP contribution is -2.42. The van der Waals surface area contributed by atoms with E-state index in [0.29, 0.717) is 44.4 Å². The molecule has 0 bridgehead atoms. The van der Waals surface area contributed by atoms with Gasteiger partial charge in [0.2, 0.25) is 5.91 Å². The normalized spacial score (nSPS) is 15.1. The summed E-state index contributed by atoms with van der Waals surface area (Å²) >= 11 is 5.82. The number of morpholine rings is 1. The Morgan fingerprint density at radius 1 is 1.27 bits per heavy atom. The molecule has 0 radical (unpaired) electrons. The van der Waals surface area contributed by atoms with Crippen LogP contribution in [0.1, 0.15) is 6.42 Å². The molecule has 2 rings (SSSR count). The van der Waals surface area contributed by atoms with Crippen molar-refractivity contribution < 1.29 is 14.3 Å². The number of hydrogen-bond donors (Lipinski definition) is 0. The second kappa shape index (κ2) is 8.98. The number of ether oxygens (including phenoxy) is 2. The van der Waals surface area contributed by atoms with Crippen molar-refractivity contribution in [2.24, 2.45) is 0 Å². The number of carbonyl (C=O) groups is 1. The number of amides is 1. The van der Waals surface area contributed by atoms with E-state index in [-0.39, 0.29) is 5.91 Å². The third-order valence-corrected chi connectivity index (χ3v) is 3.88. The van der Waals surface area contributed by atoms with Crippen LogP contribution in [-0.2, 0) is 9.53 Å². The summed E-state index contributed by atoms with van der Waals surface area (Å²) in [7, 11) is 2.00. The van der Waals surface area contributed by atoms with Crippen molar-refractivity contribution in [1.29, 1.82) is 0 Å². The molecule has 0 unspecified atom stereocenters. The molecule has 0 aromatic heterocycles. The zero-order valence-corrected chi connectivity index (χ0v) is 13.7. The zero-order chi connectivity index (χ0) is 15.8. The molecule has 1 aliphatic rings. The summed E-state index contributed by atoms with van der Waals surface area (Å²) < 4.78 is 10.9. The Kier molecular flexibility index (Phi) is 6.96. The van der Waals surface area contributed by atoms with E-state index in [1.807, 2.05) is 36.2 Å². The fourth-order valence-corrected chi connectivity index (χ4v) is 2.35. The Morgan fingerprint density at radius 3 is 2.64 bits per heavy atom. The van der Waals surface area contributed by atoms with E-state index >= 15 is 0 Å². The van der Waals surface area contributed by atoms with Gasteiger partial charge in [-0.2, -0.15) is 0 Å². The largest absolute Gasteiger partial charge is 0.492 e. The van der Waals surface area contributed by atoms with Crippen molar-refractivity contribution in [3.63, 3.8) is 0 Å². The highest BCUT2D eigenvalue weighted by Gasteiger charge is 2.16. The molecule has 1 saturated heterocycles. The van der Waals surface area contributed by atoms with E-state index in [2.05, 4.69) is 4.90 Å². The van der Waals surface area contributed by atoms with Crippen LogP contribution in [0.25, 0.3) is 0 Å². The lowest BCUT2D eigenvalue weighted by molar-refractivity contribution is -0.135. The van der Waals surface area contributed by atoms with Crippen LogP contribution in [0.2, 0.25) is 5.02 Å². The molecule has 122 valence electrons. The Bertz CT molecular complexity index is 461. The van der Waals surface area contributed by atoms with E-state index in [0.717, 1.165) is 18.8 Å². The van der Waals surface area contributed by atoms with Gasteiger partial charge in [-0.15, -0.1) is 0 Å².